The number of carbonyl (C=O) groups excluding carboxylic acids is 1. The van der Waals surface area contributed by atoms with Crippen LogP contribution in [-0.4, -0.2) is 16.0 Å². The minimum Gasteiger partial charge on any atom is -0.388 e. The molecule has 3 aromatic rings. The zero-order chi connectivity index (χ0) is 27.7. The quantitative estimate of drug-likeness (QED) is 0.472. The summed E-state index contributed by atoms with van der Waals surface area (Å²) in [7, 11) is 0. The molecule has 4 N–H and O–H groups in total. The number of rotatable bonds is 9. The van der Waals surface area contributed by atoms with Gasteiger partial charge < -0.3 is 16.2 Å². The van der Waals surface area contributed by atoms with Crippen molar-refractivity contribution in [3.63, 3.8) is 0 Å². The third-order valence-electron chi connectivity index (χ3n) is 4.00. The van der Waals surface area contributed by atoms with Crippen LogP contribution in [0, 0.1) is 6.92 Å². The Balaban J connectivity index is 1.61. The molecule has 0 aliphatic carbocycles. The van der Waals surface area contributed by atoms with Crippen LogP contribution >= 0.6 is 11.3 Å². The number of thiazole rings is 1. The fraction of sp³-hybridized carbons (Fsp3) is 0.304. The van der Waals surface area contributed by atoms with E-state index in [1.807, 2.05) is 0 Å². The van der Waals surface area contributed by atoms with Gasteiger partial charge in [-0.05, 0) is 49.4 Å². The van der Waals surface area contributed by atoms with Crippen LogP contribution in [0.1, 0.15) is 58.7 Å². The molecule has 1 aromatic heterocycles. The van der Waals surface area contributed by atoms with E-state index in [4.69, 9.17) is 16.7 Å². The number of nitrogens with one attached hydrogen (secondary N) is 1. The molecule has 0 aliphatic rings. The van der Waals surface area contributed by atoms with Crippen molar-refractivity contribution in [1.82, 2.24) is 4.98 Å². The van der Waals surface area contributed by atoms with E-state index in [2.05, 4.69) is 10.3 Å². The Morgan fingerprint density at radius 2 is 2.14 bits per heavy atom. The van der Waals surface area contributed by atoms with Gasteiger partial charge in [-0.3, -0.25) is 4.79 Å². The van der Waals surface area contributed by atoms with E-state index in [-0.39, 0.29) is 40.5 Å². The number of amides is 1. The molecule has 3 rings (SSSR count). The summed E-state index contributed by atoms with van der Waals surface area (Å²) < 4.78 is 64.5. The maximum absolute atomic E-state index is 12.4. The second-order valence-corrected chi connectivity index (χ2v) is 7.24. The van der Waals surface area contributed by atoms with Crippen LogP contribution in [-0.2, 0) is 17.6 Å². The van der Waals surface area contributed by atoms with E-state index in [1.54, 1.807) is 24.3 Å². The third-order valence-corrected chi connectivity index (χ3v) is 4.67. The maximum Gasteiger partial charge on any atom is 0.230 e. The number of aliphatic hydroxyl groups excluding tert-OH is 1. The molecule has 0 radical (unpaired) electrons. The Kier molecular flexibility index (Phi) is 4.49. The van der Waals surface area contributed by atoms with Crippen LogP contribution in [0.5, 0.6) is 0 Å². The van der Waals surface area contributed by atoms with Crippen LogP contribution in [0.4, 0.5) is 10.8 Å². The lowest BCUT2D eigenvalue weighted by molar-refractivity contribution is -0.115. The molecule has 0 unspecified atom stereocenters. The number of nitrogens with two attached hydrogens (primary N) is 1. The monoisotopic (exact) mass is 417 g/mol. The third kappa shape index (κ3) is 6.69. The van der Waals surface area contributed by atoms with Crippen molar-refractivity contribution in [2.45, 2.75) is 45.0 Å². The summed E-state index contributed by atoms with van der Waals surface area (Å²) in [6.07, 6.45) is -5.65. The Bertz CT molecular complexity index is 1270. The summed E-state index contributed by atoms with van der Waals surface area (Å²) in [6, 6.07) is 5.07. The first kappa shape index (κ1) is 12.8. The molecule has 5 nitrogen and oxygen atoms in total. The number of hydrogen-bond acceptors (Lipinski definition) is 5. The molecule has 29 heavy (non-hydrogen) atoms. The van der Waals surface area contributed by atoms with Crippen LogP contribution in [0.3, 0.4) is 0 Å². The highest BCUT2D eigenvalue weighted by molar-refractivity contribution is 7.13. The van der Waals surface area contributed by atoms with E-state index >= 15 is 0 Å². The van der Waals surface area contributed by atoms with Crippen molar-refractivity contribution in [2.24, 2.45) is 0 Å². The molecule has 152 valence electrons. The molecule has 0 aliphatic heterocycles. The first-order valence-corrected chi connectivity index (χ1v) is 9.91. The Morgan fingerprint density at radius 3 is 2.86 bits per heavy atom. The highest BCUT2D eigenvalue weighted by atomic mass is 32.1. The Morgan fingerprint density at radius 1 is 1.34 bits per heavy atom. The molecule has 0 saturated carbocycles. The number of aromatic nitrogens is 1. The van der Waals surface area contributed by atoms with Gasteiger partial charge in [0, 0.05) is 16.6 Å². The van der Waals surface area contributed by atoms with Gasteiger partial charge in [0.05, 0.1) is 23.7 Å². The Labute approximate surface area is 186 Å². The minimum atomic E-state index is -2.36. The lowest BCUT2D eigenvalue weighted by atomic mass is 10.00. The molecule has 2 aromatic carbocycles. The largest absolute Gasteiger partial charge is 0.388 e. The summed E-state index contributed by atoms with van der Waals surface area (Å²) in [5, 5.41) is 14.7. The number of aliphatic hydroxyl groups is 1. The number of nitrogen functional groups attached to an aromatic ring is 1. The number of anilines is 2. The van der Waals surface area contributed by atoms with Gasteiger partial charge >= 0.3 is 0 Å². The van der Waals surface area contributed by atoms with E-state index in [9.17, 15) is 9.90 Å². The second kappa shape index (κ2) is 10.2. The van der Waals surface area contributed by atoms with Crippen molar-refractivity contribution in [3.8, 4) is 0 Å². The van der Waals surface area contributed by atoms with E-state index in [1.165, 1.54) is 12.3 Å². The van der Waals surface area contributed by atoms with Crippen LogP contribution in [0.25, 0.3) is 0 Å². The van der Waals surface area contributed by atoms with Crippen molar-refractivity contribution >= 4 is 28.1 Å². The summed E-state index contributed by atoms with van der Waals surface area (Å²) in [5.74, 6) is -0.889. The van der Waals surface area contributed by atoms with E-state index in [0.717, 1.165) is 16.9 Å². The lowest BCUT2D eigenvalue weighted by Crippen LogP contribution is -2.14. The molecule has 0 bridgehead atoms. The van der Waals surface area contributed by atoms with Gasteiger partial charge in [-0.15, -0.1) is 11.3 Å². The molecule has 6 heteroatoms. The standard InChI is InChI=1S/C23H27N3O2S/c1-16-5-4-7-18(13-16)21(27)8-3-2-6-17-9-11-19(12-10-17)25-22(28)14-20-15-29-23(24)26-20/h4-5,7,9-13,15,21,27H,2-3,6,8,14H2,1H3,(H2,24,26)(H,25,28)/t21-/m0/s1/i4D,5D,7D,8D2,13D,14D2. The number of aryl methyl sites for hydroxylation is 1. The van der Waals surface area contributed by atoms with Gasteiger partial charge in [0.1, 0.15) is 0 Å². The van der Waals surface area contributed by atoms with Gasteiger partial charge in [-0.25, -0.2) is 4.98 Å². The molecule has 0 saturated heterocycles. The average Bonchev–Trinajstić information content (AvgIpc) is 3.29. The topological polar surface area (TPSA) is 88.2 Å². The zero-order valence-corrected chi connectivity index (χ0v) is 16.7. The van der Waals surface area contributed by atoms with E-state index in [0.29, 0.717) is 18.5 Å². The van der Waals surface area contributed by atoms with Gasteiger partial charge in [0.2, 0.25) is 5.91 Å². The molecular weight excluding hydrogens is 382 g/mol. The summed E-state index contributed by atoms with van der Waals surface area (Å²) in [5.41, 5.74) is 6.48. The smallest absolute Gasteiger partial charge is 0.230 e. The fourth-order valence-electron chi connectivity index (χ4n) is 2.61. The summed E-state index contributed by atoms with van der Waals surface area (Å²) in [6.45, 7) is 1.43. The molecular formula is C23H27N3O2S. The van der Waals surface area contributed by atoms with Gasteiger partial charge in [0.15, 0.2) is 5.13 Å². The predicted molar refractivity (Wildman–Crippen MR) is 119 cm³/mol. The van der Waals surface area contributed by atoms with Crippen LogP contribution in [0.2, 0.25) is 0 Å². The minimum absolute atomic E-state index is 0.0691. The van der Waals surface area contributed by atoms with Crippen LogP contribution < -0.4 is 11.1 Å². The van der Waals surface area contributed by atoms with Crippen LogP contribution in [0.15, 0.2) is 53.8 Å². The molecule has 0 fully saturated rings. The predicted octanol–water partition coefficient (Wildman–Crippen LogP) is 4.66. The van der Waals surface area contributed by atoms with Crippen molar-refractivity contribution in [1.29, 1.82) is 0 Å². The molecule has 1 atom stereocenters. The first-order chi connectivity index (χ1) is 17.2. The zero-order valence-electron chi connectivity index (χ0n) is 23.9. The maximum atomic E-state index is 12.4. The number of benzene rings is 2. The summed E-state index contributed by atoms with van der Waals surface area (Å²) in [4.78, 5) is 16.3. The number of carbonyl (C=O) groups is 1. The van der Waals surface area contributed by atoms with Gasteiger partial charge in [-0.1, -0.05) is 48.3 Å². The fourth-order valence-corrected chi connectivity index (χ4v) is 3.10. The SMILES string of the molecule is [2H]c1c([2H])c(C)c([2H])c([C@@H](O)C([2H])([2H])CCCc2ccc(NC(=O)C([2H])([2H])c3csc(N)n3)cc2)c1[2H]. The highest BCUT2D eigenvalue weighted by Gasteiger charge is 2.08. The summed E-state index contributed by atoms with van der Waals surface area (Å²) >= 11 is 1.04. The van der Waals surface area contributed by atoms with Crippen molar-refractivity contribution in [3.05, 3.63) is 76.2 Å². The Hall–Kier alpha value is -2.70. The number of hydrogen-bond donors (Lipinski definition) is 3. The normalized spacial score (nSPS) is 16.9. The highest BCUT2D eigenvalue weighted by Crippen LogP contribution is 2.21. The second-order valence-electron chi connectivity index (χ2n) is 6.35. The first-order valence-electron chi connectivity index (χ1n) is 13.0. The molecule has 1 heterocycles. The van der Waals surface area contributed by atoms with Gasteiger partial charge in [0.25, 0.3) is 0 Å². The van der Waals surface area contributed by atoms with Crippen molar-refractivity contribution < 1.29 is 20.9 Å². The average molecular weight is 418 g/mol. The molecule has 0 spiro atoms. The van der Waals surface area contributed by atoms with E-state index < -0.39 is 36.8 Å². The molecule has 1 amide bonds. The van der Waals surface area contributed by atoms with Gasteiger partial charge in [-0.2, -0.15) is 0 Å². The van der Waals surface area contributed by atoms with Crippen molar-refractivity contribution in [2.75, 3.05) is 11.1 Å². The number of nitrogens with zero attached hydrogens (tertiary/aromatic N) is 1. The lowest BCUT2D eigenvalue weighted by Gasteiger charge is -2.11.